The summed E-state index contributed by atoms with van der Waals surface area (Å²) in [4.78, 5) is 4.20. The van der Waals surface area contributed by atoms with Gasteiger partial charge >= 0.3 is 0 Å². The SMILES string of the molecule is Cc1cscc1NCc1cscn1. The van der Waals surface area contributed by atoms with Crippen LogP contribution in [0.3, 0.4) is 0 Å². The largest absolute Gasteiger partial charge is 0.378 e. The lowest BCUT2D eigenvalue weighted by Gasteiger charge is -2.02. The van der Waals surface area contributed by atoms with Crippen molar-refractivity contribution in [1.82, 2.24) is 4.98 Å². The fourth-order valence-electron chi connectivity index (χ4n) is 1.05. The van der Waals surface area contributed by atoms with Gasteiger partial charge in [-0.05, 0) is 17.9 Å². The molecule has 0 saturated carbocycles. The highest BCUT2D eigenvalue weighted by molar-refractivity contribution is 7.08. The van der Waals surface area contributed by atoms with Crippen molar-refractivity contribution in [2.24, 2.45) is 0 Å². The minimum Gasteiger partial charge on any atom is -0.378 e. The van der Waals surface area contributed by atoms with E-state index in [1.165, 1.54) is 11.3 Å². The summed E-state index contributed by atoms with van der Waals surface area (Å²) in [6.07, 6.45) is 0. The summed E-state index contributed by atoms with van der Waals surface area (Å²) < 4.78 is 0. The van der Waals surface area contributed by atoms with E-state index in [0.29, 0.717) is 0 Å². The summed E-state index contributed by atoms with van der Waals surface area (Å²) >= 11 is 3.36. The van der Waals surface area contributed by atoms with Crippen molar-refractivity contribution in [2.45, 2.75) is 13.5 Å². The smallest absolute Gasteiger partial charge is 0.0795 e. The highest BCUT2D eigenvalue weighted by atomic mass is 32.1. The molecular weight excluding hydrogens is 200 g/mol. The Morgan fingerprint density at radius 1 is 1.31 bits per heavy atom. The molecule has 0 unspecified atom stereocenters. The summed E-state index contributed by atoms with van der Waals surface area (Å²) in [5.41, 5.74) is 5.49. The minimum absolute atomic E-state index is 0.821. The van der Waals surface area contributed by atoms with E-state index in [1.807, 2.05) is 5.51 Å². The summed E-state index contributed by atoms with van der Waals surface area (Å²) in [7, 11) is 0. The molecule has 2 aromatic rings. The first-order chi connectivity index (χ1) is 6.36. The second kappa shape index (κ2) is 3.89. The second-order valence-electron chi connectivity index (χ2n) is 2.80. The van der Waals surface area contributed by atoms with Gasteiger partial charge in [-0.1, -0.05) is 0 Å². The minimum atomic E-state index is 0.821. The summed E-state index contributed by atoms with van der Waals surface area (Å²) in [5, 5.41) is 9.68. The number of rotatable bonds is 3. The van der Waals surface area contributed by atoms with E-state index in [2.05, 4.69) is 33.4 Å². The Morgan fingerprint density at radius 3 is 2.85 bits per heavy atom. The number of anilines is 1. The molecule has 0 saturated heterocycles. The van der Waals surface area contributed by atoms with Crippen molar-refractivity contribution in [3.8, 4) is 0 Å². The summed E-state index contributed by atoms with van der Waals surface area (Å²) in [5.74, 6) is 0. The maximum Gasteiger partial charge on any atom is 0.0795 e. The molecule has 0 bridgehead atoms. The molecule has 13 heavy (non-hydrogen) atoms. The summed E-state index contributed by atoms with van der Waals surface area (Å²) in [6.45, 7) is 2.93. The molecule has 0 fully saturated rings. The first-order valence-electron chi connectivity index (χ1n) is 4.00. The normalized spacial score (nSPS) is 10.2. The molecule has 0 aromatic carbocycles. The number of aromatic nitrogens is 1. The van der Waals surface area contributed by atoms with Gasteiger partial charge in [0.2, 0.25) is 0 Å². The quantitative estimate of drug-likeness (QED) is 0.842. The zero-order chi connectivity index (χ0) is 9.10. The maximum atomic E-state index is 4.20. The zero-order valence-corrected chi connectivity index (χ0v) is 8.91. The third-order valence-corrected chi connectivity index (χ3v) is 3.30. The molecule has 2 rings (SSSR count). The Bertz CT molecular complexity index is 365. The van der Waals surface area contributed by atoms with E-state index in [9.17, 15) is 0 Å². The molecule has 0 amide bonds. The molecule has 2 heterocycles. The van der Waals surface area contributed by atoms with Crippen molar-refractivity contribution < 1.29 is 0 Å². The molecule has 2 aromatic heterocycles. The van der Waals surface area contributed by atoms with Gasteiger partial charge in [-0.15, -0.1) is 22.7 Å². The fourth-order valence-corrected chi connectivity index (χ4v) is 2.42. The number of nitrogens with zero attached hydrogens (tertiary/aromatic N) is 1. The van der Waals surface area contributed by atoms with E-state index in [1.54, 1.807) is 22.7 Å². The highest BCUT2D eigenvalue weighted by Crippen LogP contribution is 2.19. The Kier molecular flexibility index (Phi) is 2.61. The molecule has 4 heteroatoms. The maximum absolute atomic E-state index is 4.20. The third-order valence-electron chi connectivity index (χ3n) is 1.80. The fraction of sp³-hybridized carbons (Fsp3) is 0.222. The molecule has 1 N–H and O–H groups in total. The Hall–Kier alpha value is -0.870. The van der Waals surface area contributed by atoms with Crippen LogP contribution in [0, 0.1) is 6.92 Å². The van der Waals surface area contributed by atoms with Gasteiger partial charge in [0.15, 0.2) is 0 Å². The van der Waals surface area contributed by atoms with E-state index in [0.717, 1.165) is 12.2 Å². The molecule has 0 spiro atoms. The number of thiazole rings is 1. The molecule has 0 atom stereocenters. The van der Waals surface area contributed by atoms with Crippen LogP contribution in [0.1, 0.15) is 11.3 Å². The van der Waals surface area contributed by atoms with Gasteiger partial charge in [-0.25, -0.2) is 4.98 Å². The number of hydrogen-bond donors (Lipinski definition) is 1. The second-order valence-corrected chi connectivity index (χ2v) is 4.26. The van der Waals surface area contributed by atoms with Gasteiger partial charge in [-0.2, -0.15) is 0 Å². The van der Waals surface area contributed by atoms with Gasteiger partial charge in [0.1, 0.15) is 0 Å². The molecule has 0 aliphatic rings. The number of aryl methyl sites for hydroxylation is 1. The average molecular weight is 210 g/mol. The van der Waals surface area contributed by atoms with Crippen LogP contribution < -0.4 is 5.32 Å². The zero-order valence-electron chi connectivity index (χ0n) is 7.28. The van der Waals surface area contributed by atoms with Gasteiger partial charge < -0.3 is 5.32 Å². The van der Waals surface area contributed by atoms with Crippen LogP contribution in [0.5, 0.6) is 0 Å². The lowest BCUT2D eigenvalue weighted by molar-refractivity contribution is 1.07. The molecule has 68 valence electrons. The van der Waals surface area contributed by atoms with Crippen LogP contribution in [0.4, 0.5) is 5.69 Å². The van der Waals surface area contributed by atoms with Crippen molar-refractivity contribution in [1.29, 1.82) is 0 Å². The summed E-state index contributed by atoms with van der Waals surface area (Å²) in [6, 6.07) is 0. The number of hydrogen-bond acceptors (Lipinski definition) is 4. The number of thiophene rings is 1. The van der Waals surface area contributed by atoms with Crippen LogP contribution in [0.15, 0.2) is 21.7 Å². The van der Waals surface area contributed by atoms with E-state index in [-0.39, 0.29) is 0 Å². The Balaban J connectivity index is 1.97. The van der Waals surface area contributed by atoms with Gasteiger partial charge in [0.25, 0.3) is 0 Å². The Labute approximate surface area is 85.3 Å². The molecular formula is C9H10N2S2. The van der Waals surface area contributed by atoms with Crippen LogP contribution in [-0.4, -0.2) is 4.98 Å². The topological polar surface area (TPSA) is 24.9 Å². The van der Waals surface area contributed by atoms with Crippen molar-refractivity contribution >= 4 is 28.4 Å². The van der Waals surface area contributed by atoms with E-state index < -0.39 is 0 Å². The first-order valence-corrected chi connectivity index (χ1v) is 5.88. The third kappa shape index (κ3) is 2.08. The average Bonchev–Trinajstić information content (AvgIpc) is 2.72. The molecule has 0 radical (unpaired) electrons. The van der Waals surface area contributed by atoms with Gasteiger partial charge in [-0.3, -0.25) is 0 Å². The Morgan fingerprint density at radius 2 is 2.23 bits per heavy atom. The van der Waals surface area contributed by atoms with E-state index >= 15 is 0 Å². The van der Waals surface area contributed by atoms with Gasteiger partial charge in [0, 0.05) is 16.4 Å². The van der Waals surface area contributed by atoms with Crippen LogP contribution in [-0.2, 0) is 6.54 Å². The predicted molar refractivity (Wildman–Crippen MR) is 58.5 cm³/mol. The van der Waals surface area contributed by atoms with Crippen molar-refractivity contribution in [3.63, 3.8) is 0 Å². The van der Waals surface area contributed by atoms with Crippen molar-refractivity contribution in [2.75, 3.05) is 5.32 Å². The van der Waals surface area contributed by atoms with Crippen LogP contribution in [0.2, 0.25) is 0 Å². The lowest BCUT2D eigenvalue weighted by atomic mass is 10.3. The van der Waals surface area contributed by atoms with Gasteiger partial charge in [0.05, 0.1) is 17.7 Å². The molecule has 0 aliphatic carbocycles. The molecule has 0 aliphatic heterocycles. The van der Waals surface area contributed by atoms with Crippen LogP contribution >= 0.6 is 22.7 Å². The van der Waals surface area contributed by atoms with Crippen LogP contribution in [0.25, 0.3) is 0 Å². The standard InChI is InChI=1S/C9H10N2S2/c1-7-3-12-5-9(7)10-2-8-4-13-6-11-8/h3-6,10H,2H2,1H3. The van der Waals surface area contributed by atoms with Crippen molar-refractivity contribution in [3.05, 3.63) is 32.9 Å². The predicted octanol–water partition coefficient (Wildman–Crippen LogP) is 3.13. The highest BCUT2D eigenvalue weighted by Gasteiger charge is 1.98. The monoisotopic (exact) mass is 210 g/mol. The first kappa shape index (κ1) is 8.72. The molecule has 2 nitrogen and oxygen atoms in total. The number of nitrogens with one attached hydrogen (secondary N) is 1. The lowest BCUT2D eigenvalue weighted by Crippen LogP contribution is -1.99. The van der Waals surface area contributed by atoms with E-state index in [4.69, 9.17) is 0 Å².